The Hall–Kier alpha value is -0.810. The first-order valence-corrected chi connectivity index (χ1v) is 10.5. The lowest BCUT2D eigenvalue weighted by molar-refractivity contribution is -0.126. The van der Waals surface area contributed by atoms with Crippen molar-refractivity contribution in [3.63, 3.8) is 0 Å². The van der Waals surface area contributed by atoms with E-state index in [1.54, 1.807) is 11.3 Å². The quantitative estimate of drug-likeness (QED) is 0.830. The zero-order valence-electron chi connectivity index (χ0n) is 13.5. The van der Waals surface area contributed by atoms with Gasteiger partial charge in [0.1, 0.15) is 4.34 Å². The third kappa shape index (κ3) is 3.50. The van der Waals surface area contributed by atoms with Crippen molar-refractivity contribution in [1.82, 2.24) is 10.3 Å². The van der Waals surface area contributed by atoms with Gasteiger partial charge in [-0.25, -0.2) is 4.98 Å². The van der Waals surface area contributed by atoms with Crippen LogP contribution in [-0.2, 0) is 4.79 Å². The number of fused-ring (bicyclic) bond motifs is 2. The Balaban J connectivity index is 1.23. The van der Waals surface area contributed by atoms with Crippen molar-refractivity contribution in [1.29, 1.82) is 0 Å². The van der Waals surface area contributed by atoms with Crippen molar-refractivity contribution in [2.45, 2.75) is 61.1 Å². The molecule has 0 aromatic carbocycles. The molecular weight excluding hydrogens is 324 g/mol. The molecule has 124 valence electrons. The smallest absolute Gasteiger partial charge is 0.223 e. The predicted octanol–water partition coefficient (Wildman–Crippen LogP) is 4.18. The van der Waals surface area contributed by atoms with E-state index in [0.29, 0.717) is 29.0 Å². The van der Waals surface area contributed by atoms with Gasteiger partial charge in [0.05, 0.1) is 0 Å². The van der Waals surface area contributed by atoms with Gasteiger partial charge in [-0.3, -0.25) is 4.79 Å². The van der Waals surface area contributed by atoms with E-state index in [2.05, 4.69) is 34.8 Å². The molecule has 1 amide bonds. The van der Waals surface area contributed by atoms with Crippen molar-refractivity contribution >= 4 is 29.0 Å². The molecule has 0 radical (unpaired) electrons. The number of carbonyl (C=O) groups is 1. The van der Waals surface area contributed by atoms with Gasteiger partial charge >= 0.3 is 0 Å². The molecule has 2 bridgehead atoms. The minimum atomic E-state index is 0.246. The zero-order valence-corrected chi connectivity index (χ0v) is 15.2. The van der Waals surface area contributed by atoms with Gasteiger partial charge in [0.2, 0.25) is 5.91 Å². The van der Waals surface area contributed by atoms with E-state index in [-0.39, 0.29) is 5.92 Å². The van der Waals surface area contributed by atoms with Gasteiger partial charge in [-0.1, -0.05) is 23.9 Å². The average molecular weight is 349 g/mol. The van der Waals surface area contributed by atoms with Crippen molar-refractivity contribution in [3.05, 3.63) is 23.2 Å². The lowest BCUT2D eigenvalue weighted by atomic mass is 9.90. The first-order chi connectivity index (χ1) is 11.2. The van der Waals surface area contributed by atoms with Crippen molar-refractivity contribution in [3.8, 4) is 0 Å². The molecule has 5 heteroatoms. The van der Waals surface area contributed by atoms with Crippen LogP contribution in [0.15, 0.2) is 21.9 Å². The number of carbonyl (C=O) groups excluding carboxylic acids is 1. The molecule has 3 atom stereocenters. The molecule has 0 aliphatic heterocycles. The topological polar surface area (TPSA) is 42.0 Å². The fourth-order valence-electron chi connectivity index (χ4n) is 4.24. The lowest BCUT2D eigenvalue weighted by Gasteiger charge is -2.30. The summed E-state index contributed by atoms with van der Waals surface area (Å²) < 4.78 is 1.20. The number of nitrogens with zero attached hydrogens (tertiary/aromatic N) is 1. The molecular formula is C18H24N2OS2. The largest absolute Gasteiger partial charge is 0.353 e. The Labute approximate surface area is 146 Å². The second-order valence-corrected chi connectivity index (χ2v) is 9.65. The van der Waals surface area contributed by atoms with Gasteiger partial charge in [-0.2, -0.15) is 0 Å². The number of thioether (sulfide) groups is 1. The van der Waals surface area contributed by atoms with Gasteiger partial charge in [0.15, 0.2) is 0 Å². The van der Waals surface area contributed by atoms with Crippen LogP contribution in [-0.4, -0.2) is 22.2 Å². The van der Waals surface area contributed by atoms with Gasteiger partial charge in [-0.05, 0) is 57.3 Å². The van der Waals surface area contributed by atoms with Crippen LogP contribution in [0.4, 0.5) is 0 Å². The van der Waals surface area contributed by atoms with Crippen LogP contribution < -0.4 is 5.32 Å². The van der Waals surface area contributed by atoms with Crippen LogP contribution in [0.1, 0.15) is 44.2 Å². The molecule has 1 heterocycles. The Morgan fingerprint density at radius 3 is 2.70 bits per heavy atom. The maximum Gasteiger partial charge on any atom is 0.223 e. The fourth-order valence-corrected chi connectivity index (χ4v) is 6.53. The van der Waals surface area contributed by atoms with Gasteiger partial charge in [0, 0.05) is 28.3 Å². The summed E-state index contributed by atoms with van der Waals surface area (Å²) in [6, 6.07) is 0.389. The molecule has 2 fully saturated rings. The van der Waals surface area contributed by atoms with Crippen LogP contribution in [0, 0.1) is 24.7 Å². The van der Waals surface area contributed by atoms with Crippen LogP contribution >= 0.6 is 23.1 Å². The SMILES string of the molecule is Cc1csc(SC2CCC(NC(=O)[C@@H]3C[C@@H]4C=C[C@H]3C4)CC2)n1. The summed E-state index contributed by atoms with van der Waals surface area (Å²) in [7, 11) is 0. The van der Waals surface area contributed by atoms with Crippen molar-refractivity contribution < 1.29 is 4.79 Å². The van der Waals surface area contributed by atoms with E-state index in [1.165, 1.54) is 23.6 Å². The molecule has 1 aromatic heterocycles. The van der Waals surface area contributed by atoms with E-state index in [9.17, 15) is 4.79 Å². The number of nitrogens with one attached hydrogen (secondary N) is 1. The van der Waals surface area contributed by atoms with Crippen LogP contribution in [0.25, 0.3) is 0 Å². The molecule has 0 unspecified atom stereocenters. The maximum atomic E-state index is 12.5. The summed E-state index contributed by atoms with van der Waals surface area (Å²) in [5.74, 6) is 1.74. The number of amides is 1. The highest BCUT2D eigenvalue weighted by atomic mass is 32.2. The van der Waals surface area contributed by atoms with Gasteiger partial charge in [0.25, 0.3) is 0 Å². The number of hydrogen-bond acceptors (Lipinski definition) is 4. The molecule has 1 aromatic rings. The normalized spacial score (nSPS) is 35.6. The summed E-state index contributed by atoms with van der Waals surface area (Å²) in [5.41, 5.74) is 1.12. The summed E-state index contributed by atoms with van der Waals surface area (Å²) in [4.78, 5) is 17.1. The Bertz CT molecular complexity index is 604. The number of hydrogen-bond donors (Lipinski definition) is 1. The van der Waals surface area contributed by atoms with E-state index in [0.717, 1.165) is 25.0 Å². The van der Waals surface area contributed by atoms with E-state index in [4.69, 9.17) is 0 Å². The highest BCUT2D eigenvalue weighted by Crippen LogP contribution is 2.43. The van der Waals surface area contributed by atoms with Gasteiger partial charge < -0.3 is 5.32 Å². The highest BCUT2D eigenvalue weighted by molar-refractivity contribution is 8.01. The third-order valence-corrected chi connectivity index (χ3v) is 7.93. The molecule has 1 N–H and O–H groups in total. The Morgan fingerprint density at radius 1 is 1.26 bits per heavy atom. The van der Waals surface area contributed by atoms with Crippen LogP contribution in [0.5, 0.6) is 0 Å². The lowest BCUT2D eigenvalue weighted by Crippen LogP contribution is -2.42. The van der Waals surface area contributed by atoms with E-state index in [1.807, 2.05) is 11.8 Å². The van der Waals surface area contributed by atoms with Crippen molar-refractivity contribution in [2.75, 3.05) is 0 Å². The van der Waals surface area contributed by atoms with E-state index >= 15 is 0 Å². The van der Waals surface area contributed by atoms with E-state index < -0.39 is 0 Å². The number of allylic oxidation sites excluding steroid dienone is 2. The Kier molecular flexibility index (Phi) is 4.50. The summed E-state index contributed by atoms with van der Waals surface area (Å²) in [5, 5.41) is 6.13. The predicted molar refractivity (Wildman–Crippen MR) is 95.7 cm³/mol. The van der Waals surface area contributed by atoms with Gasteiger partial charge in [-0.15, -0.1) is 11.3 Å². The monoisotopic (exact) mass is 348 g/mol. The molecule has 3 nitrogen and oxygen atoms in total. The summed E-state index contributed by atoms with van der Waals surface area (Å²) >= 11 is 3.68. The minimum absolute atomic E-state index is 0.246. The third-order valence-electron chi connectivity index (χ3n) is 5.50. The number of aryl methyl sites for hydroxylation is 1. The summed E-state index contributed by atoms with van der Waals surface area (Å²) in [6.07, 6.45) is 11.4. The Morgan fingerprint density at radius 2 is 2.09 bits per heavy atom. The summed E-state index contributed by atoms with van der Waals surface area (Å²) in [6.45, 7) is 2.05. The zero-order chi connectivity index (χ0) is 15.8. The first kappa shape index (κ1) is 15.7. The molecule has 3 aliphatic rings. The average Bonchev–Trinajstić information content (AvgIpc) is 3.26. The molecule has 0 saturated heterocycles. The first-order valence-electron chi connectivity index (χ1n) is 8.75. The van der Waals surface area contributed by atoms with Crippen LogP contribution in [0.2, 0.25) is 0 Å². The molecule has 23 heavy (non-hydrogen) atoms. The number of aromatic nitrogens is 1. The second-order valence-electron chi connectivity index (χ2n) is 7.24. The molecule has 3 aliphatic carbocycles. The molecule has 0 spiro atoms. The minimum Gasteiger partial charge on any atom is -0.353 e. The standard InChI is InChI=1S/C18H24N2OS2/c1-11-10-22-18(19-11)23-15-6-4-14(5-7-15)20-17(21)16-9-12-2-3-13(16)8-12/h2-3,10,12-16H,4-9H2,1H3,(H,20,21)/t12-,13+,14?,15?,16-/m1/s1. The number of rotatable bonds is 4. The van der Waals surface area contributed by atoms with Crippen LogP contribution in [0.3, 0.4) is 0 Å². The fraction of sp³-hybridized carbons (Fsp3) is 0.667. The highest BCUT2D eigenvalue weighted by Gasteiger charge is 2.40. The number of thiazole rings is 1. The maximum absolute atomic E-state index is 12.5. The second kappa shape index (κ2) is 6.60. The molecule has 2 saturated carbocycles. The molecule has 4 rings (SSSR count). The van der Waals surface area contributed by atoms with Crippen molar-refractivity contribution in [2.24, 2.45) is 17.8 Å².